The summed E-state index contributed by atoms with van der Waals surface area (Å²) < 4.78 is 4.47. The van der Waals surface area contributed by atoms with Crippen molar-refractivity contribution in [3.05, 3.63) is 23.9 Å². The number of nitrogens with two attached hydrogens (primary N) is 1. The van der Waals surface area contributed by atoms with Crippen LogP contribution in [-0.2, 0) is 0 Å². The van der Waals surface area contributed by atoms with E-state index < -0.39 is 0 Å². The number of hydrogen-bond acceptors (Lipinski definition) is 4. The van der Waals surface area contributed by atoms with Gasteiger partial charge in [-0.25, -0.2) is 4.63 Å². The van der Waals surface area contributed by atoms with Crippen LogP contribution in [0.4, 0.5) is 5.82 Å². The molecule has 14 heavy (non-hydrogen) atoms. The molecule has 4 heteroatoms. The van der Waals surface area contributed by atoms with Gasteiger partial charge in [0.25, 0.3) is 0 Å². The average Bonchev–Trinajstić information content (AvgIpc) is 2.64. The average molecular weight is 195 g/mol. The first kappa shape index (κ1) is 12.4. The van der Waals surface area contributed by atoms with Crippen molar-refractivity contribution in [1.82, 2.24) is 10.3 Å². The van der Waals surface area contributed by atoms with Gasteiger partial charge in [-0.1, -0.05) is 32.1 Å². The summed E-state index contributed by atoms with van der Waals surface area (Å²) in [6.45, 7) is 7.83. The maximum absolute atomic E-state index is 5.51. The molecular weight excluding hydrogens is 178 g/mol. The topological polar surface area (TPSA) is 64.9 Å². The highest BCUT2D eigenvalue weighted by atomic mass is 16.6. The van der Waals surface area contributed by atoms with E-state index in [1.807, 2.05) is 45.9 Å². The fraction of sp³-hybridized carbons (Fsp3) is 0.400. The van der Waals surface area contributed by atoms with E-state index in [0.29, 0.717) is 11.5 Å². The lowest BCUT2D eigenvalue weighted by Gasteiger charge is -1.93. The van der Waals surface area contributed by atoms with Gasteiger partial charge in [0.2, 0.25) is 0 Å². The van der Waals surface area contributed by atoms with Crippen molar-refractivity contribution >= 4 is 11.4 Å². The van der Waals surface area contributed by atoms with Crippen LogP contribution < -0.4 is 5.73 Å². The van der Waals surface area contributed by atoms with Crippen molar-refractivity contribution in [1.29, 1.82) is 0 Å². The zero-order chi connectivity index (χ0) is 11.0. The van der Waals surface area contributed by atoms with E-state index in [4.69, 9.17) is 5.73 Å². The number of hydrogen-bond donors (Lipinski definition) is 1. The van der Waals surface area contributed by atoms with Gasteiger partial charge in [-0.05, 0) is 24.2 Å². The van der Waals surface area contributed by atoms with Crippen molar-refractivity contribution in [2.24, 2.45) is 0 Å². The quantitative estimate of drug-likeness (QED) is 0.737. The van der Waals surface area contributed by atoms with Gasteiger partial charge >= 0.3 is 0 Å². The van der Waals surface area contributed by atoms with E-state index in [0.717, 1.165) is 5.57 Å². The summed E-state index contributed by atoms with van der Waals surface area (Å²) in [5.74, 6) is 0.321. The molecule has 1 aromatic rings. The molecule has 0 aromatic carbocycles. The normalized spacial score (nSPS) is 11.3. The number of aromatic nitrogens is 2. The Morgan fingerprint density at radius 3 is 2.29 bits per heavy atom. The molecule has 0 atom stereocenters. The molecule has 0 saturated carbocycles. The highest BCUT2D eigenvalue weighted by molar-refractivity contribution is 5.76. The molecular formula is C10H17N3O. The standard InChI is InChI=1S/C8H11N3O.C2H6/c1-3-5-6(4-2)7-8(9)11-12-10-7;1-2/h3-5H,1-2H3,(H2,9,11);1-2H3/b5-3-,6-4+;. The van der Waals surface area contributed by atoms with Crippen molar-refractivity contribution in [2.45, 2.75) is 27.7 Å². The number of anilines is 1. The Labute approximate surface area is 84.5 Å². The molecule has 0 spiro atoms. The zero-order valence-corrected chi connectivity index (χ0v) is 9.11. The van der Waals surface area contributed by atoms with E-state index in [1.165, 1.54) is 0 Å². The molecule has 0 fully saturated rings. The summed E-state index contributed by atoms with van der Waals surface area (Å²) in [6.07, 6.45) is 5.70. The molecule has 0 saturated heterocycles. The Balaban J connectivity index is 0.000000791. The smallest absolute Gasteiger partial charge is 0.196 e. The summed E-state index contributed by atoms with van der Waals surface area (Å²) in [5, 5.41) is 7.16. The summed E-state index contributed by atoms with van der Waals surface area (Å²) in [6, 6.07) is 0. The molecule has 2 N–H and O–H groups in total. The summed E-state index contributed by atoms with van der Waals surface area (Å²) in [5.41, 5.74) is 7.01. The maximum atomic E-state index is 5.51. The van der Waals surface area contributed by atoms with Gasteiger partial charge in [-0.3, -0.25) is 0 Å². The highest BCUT2D eigenvalue weighted by Gasteiger charge is 2.07. The van der Waals surface area contributed by atoms with Crippen LogP contribution in [0.5, 0.6) is 0 Å². The van der Waals surface area contributed by atoms with Gasteiger partial charge in [0.15, 0.2) is 11.5 Å². The van der Waals surface area contributed by atoms with Crippen molar-refractivity contribution in [3.8, 4) is 0 Å². The van der Waals surface area contributed by atoms with Crippen LogP contribution in [0.25, 0.3) is 5.57 Å². The van der Waals surface area contributed by atoms with E-state index in [-0.39, 0.29) is 0 Å². The lowest BCUT2D eigenvalue weighted by atomic mass is 10.1. The Kier molecular flexibility index (Phi) is 6.11. The van der Waals surface area contributed by atoms with Gasteiger partial charge in [0.05, 0.1) is 0 Å². The largest absolute Gasteiger partial charge is 0.379 e. The number of nitrogen functional groups attached to an aromatic ring is 1. The van der Waals surface area contributed by atoms with Crippen LogP contribution in [0.3, 0.4) is 0 Å². The van der Waals surface area contributed by atoms with Gasteiger partial charge in [-0.2, -0.15) is 0 Å². The van der Waals surface area contributed by atoms with Crippen molar-refractivity contribution in [3.63, 3.8) is 0 Å². The van der Waals surface area contributed by atoms with Crippen molar-refractivity contribution in [2.75, 3.05) is 5.73 Å². The molecule has 0 bridgehead atoms. The highest BCUT2D eigenvalue weighted by Crippen LogP contribution is 2.17. The molecule has 0 radical (unpaired) electrons. The van der Waals surface area contributed by atoms with E-state index in [2.05, 4.69) is 14.9 Å². The number of rotatable bonds is 2. The van der Waals surface area contributed by atoms with Gasteiger partial charge in [0.1, 0.15) is 0 Å². The Hall–Kier alpha value is -1.58. The number of allylic oxidation sites excluding steroid dienone is 4. The van der Waals surface area contributed by atoms with Crippen LogP contribution in [0, 0.1) is 0 Å². The molecule has 1 aromatic heterocycles. The molecule has 0 unspecified atom stereocenters. The molecule has 78 valence electrons. The van der Waals surface area contributed by atoms with Gasteiger partial charge in [-0.15, -0.1) is 0 Å². The Bertz CT molecular complexity index is 313. The zero-order valence-electron chi connectivity index (χ0n) is 9.11. The fourth-order valence-corrected chi connectivity index (χ4v) is 0.887. The van der Waals surface area contributed by atoms with E-state index >= 15 is 0 Å². The predicted molar refractivity (Wildman–Crippen MR) is 58.5 cm³/mol. The predicted octanol–water partition coefficient (Wildman–Crippen LogP) is 2.66. The molecule has 4 nitrogen and oxygen atoms in total. The lowest BCUT2D eigenvalue weighted by molar-refractivity contribution is 0.308. The van der Waals surface area contributed by atoms with Gasteiger partial charge < -0.3 is 5.73 Å². The van der Waals surface area contributed by atoms with Crippen LogP contribution in [0.1, 0.15) is 33.4 Å². The van der Waals surface area contributed by atoms with Crippen LogP contribution in [0.15, 0.2) is 22.9 Å². The Morgan fingerprint density at radius 2 is 1.93 bits per heavy atom. The second kappa shape index (κ2) is 6.88. The molecule has 1 rings (SSSR count). The third kappa shape index (κ3) is 3.05. The minimum Gasteiger partial charge on any atom is -0.379 e. The first-order chi connectivity index (χ1) is 6.79. The third-order valence-corrected chi connectivity index (χ3v) is 1.44. The molecule has 0 aliphatic rings. The molecule has 0 aliphatic carbocycles. The summed E-state index contributed by atoms with van der Waals surface area (Å²) in [4.78, 5) is 0. The van der Waals surface area contributed by atoms with E-state index in [1.54, 1.807) is 0 Å². The molecule has 0 aliphatic heterocycles. The summed E-state index contributed by atoms with van der Waals surface area (Å²) >= 11 is 0. The van der Waals surface area contributed by atoms with Crippen LogP contribution in [-0.4, -0.2) is 10.3 Å². The fourth-order valence-electron chi connectivity index (χ4n) is 0.887. The van der Waals surface area contributed by atoms with Crippen LogP contribution in [0.2, 0.25) is 0 Å². The maximum Gasteiger partial charge on any atom is 0.196 e. The van der Waals surface area contributed by atoms with Gasteiger partial charge in [0, 0.05) is 5.57 Å². The second-order valence-electron chi connectivity index (χ2n) is 2.24. The minimum atomic E-state index is 0.321. The van der Waals surface area contributed by atoms with Crippen molar-refractivity contribution < 1.29 is 4.63 Å². The monoisotopic (exact) mass is 195 g/mol. The third-order valence-electron chi connectivity index (χ3n) is 1.44. The lowest BCUT2D eigenvalue weighted by Crippen LogP contribution is -1.90. The summed E-state index contributed by atoms with van der Waals surface area (Å²) in [7, 11) is 0. The minimum absolute atomic E-state index is 0.321. The molecule has 1 heterocycles. The second-order valence-corrected chi connectivity index (χ2v) is 2.24. The Morgan fingerprint density at radius 1 is 1.29 bits per heavy atom. The molecule has 0 amide bonds. The first-order valence-electron chi connectivity index (χ1n) is 4.67. The van der Waals surface area contributed by atoms with Crippen LogP contribution >= 0.6 is 0 Å². The van der Waals surface area contributed by atoms with E-state index in [9.17, 15) is 0 Å². The number of nitrogens with zero attached hydrogens (tertiary/aromatic N) is 2. The first-order valence-corrected chi connectivity index (χ1v) is 4.67. The SMILES string of the molecule is C/C=C\C(=C/C)c1nonc1N.CC.